The van der Waals surface area contributed by atoms with Crippen LogP contribution in [0.1, 0.15) is 25.1 Å². The van der Waals surface area contributed by atoms with Gasteiger partial charge in [-0.2, -0.15) is 0 Å². The third kappa shape index (κ3) is 3.48. The Bertz CT molecular complexity index is 756. The summed E-state index contributed by atoms with van der Waals surface area (Å²) in [6, 6.07) is 7.07. The van der Waals surface area contributed by atoms with Crippen molar-refractivity contribution in [3.8, 4) is 12.3 Å². The van der Waals surface area contributed by atoms with E-state index in [0.29, 0.717) is 36.1 Å². The van der Waals surface area contributed by atoms with E-state index in [1.807, 2.05) is 0 Å². The lowest BCUT2D eigenvalue weighted by molar-refractivity contribution is -0.137. The van der Waals surface area contributed by atoms with Gasteiger partial charge in [-0.1, -0.05) is 12.1 Å². The highest BCUT2D eigenvalue weighted by molar-refractivity contribution is 5.77. The predicted molar refractivity (Wildman–Crippen MR) is 80.0 cm³/mol. The molecule has 5 nitrogen and oxygen atoms in total. The molecule has 1 aromatic carbocycles. The maximum atomic E-state index is 12.5. The van der Waals surface area contributed by atoms with Crippen molar-refractivity contribution in [1.82, 2.24) is 9.55 Å². The summed E-state index contributed by atoms with van der Waals surface area (Å²) in [4.78, 5) is 27.7. The molecule has 0 amide bonds. The lowest BCUT2D eigenvalue weighted by atomic mass is 10.2. The summed E-state index contributed by atoms with van der Waals surface area (Å²) in [6.45, 7) is 0.454. The van der Waals surface area contributed by atoms with Gasteiger partial charge in [-0.3, -0.25) is 14.2 Å². The van der Waals surface area contributed by atoms with Crippen molar-refractivity contribution in [2.24, 2.45) is 0 Å². The number of rotatable bonds is 6. The standard InChI is InChI=1S/C16H16N2O3/c1-2-3-6-11-18-14(9-10-15(19)20)17-13-8-5-4-7-12(13)16(18)21/h1,4-5,7-8H,3,6,9-11H2,(H,19,20). The summed E-state index contributed by atoms with van der Waals surface area (Å²) in [5.74, 6) is 2.12. The molecule has 108 valence electrons. The number of terminal acetylenes is 1. The fourth-order valence-electron chi connectivity index (χ4n) is 2.19. The summed E-state index contributed by atoms with van der Waals surface area (Å²) < 4.78 is 1.54. The van der Waals surface area contributed by atoms with E-state index in [-0.39, 0.29) is 18.4 Å². The van der Waals surface area contributed by atoms with Crippen LogP contribution in [0.4, 0.5) is 0 Å². The molecule has 0 bridgehead atoms. The number of carbonyl (C=O) groups is 1. The molecule has 0 unspecified atom stereocenters. The van der Waals surface area contributed by atoms with Crippen LogP contribution < -0.4 is 5.56 Å². The third-order valence-corrected chi connectivity index (χ3v) is 3.21. The minimum Gasteiger partial charge on any atom is -0.481 e. The first-order valence-electron chi connectivity index (χ1n) is 6.77. The van der Waals surface area contributed by atoms with E-state index in [1.165, 1.54) is 0 Å². The molecule has 0 aliphatic heterocycles. The SMILES string of the molecule is C#CCCCn1c(CCC(=O)O)nc2ccccc2c1=O. The fraction of sp³-hybridized carbons (Fsp3) is 0.312. The number of hydrogen-bond donors (Lipinski definition) is 1. The highest BCUT2D eigenvalue weighted by Crippen LogP contribution is 2.10. The van der Waals surface area contributed by atoms with E-state index in [9.17, 15) is 9.59 Å². The van der Waals surface area contributed by atoms with Crippen molar-refractivity contribution in [3.63, 3.8) is 0 Å². The molecule has 1 aromatic heterocycles. The molecular formula is C16H16N2O3. The Labute approximate surface area is 122 Å². The van der Waals surface area contributed by atoms with E-state index in [4.69, 9.17) is 11.5 Å². The van der Waals surface area contributed by atoms with Crippen LogP contribution >= 0.6 is 0 Å². The number of aliphatic carboxylic acids is 1. The maximum Gasteiger partial charge on any atom is 0.303 e. The second kappa shape index (κ2) is 6.71. The molecule has 0 saturated heterocycles. The van der Waals surface area contributed by atoms with E-state index in [1.54, 1.807) is 28.8 Å². The zero-order valence-electron chi connectivity index (χ0n) is 11.6. The Morgan fingerprint density at radius 2 is 2.14 bits per heavy atom. The van der Waals surface area contributed by atoms with Crippen molar-refractivity contribution in [2.75, 3.05) is 0 Å². The van der Waals surface area contributed by atoms with Gasteiger partial charge in [0, 0.05) is 19.4 Å². The number of carboxylic acid groups (broad SMARTS) is 1. The number of hydrogen-bond acceptors (Lipinski definition) is 3. The van der Waals surface area contributed by atoms with Gasteiger partial charge in [-0.25, -0.2) is 4.98 Å². The van der Waals surface area contributed by atoms with Gasteiger partial charge in [0.05, 0.1) is 17.3 Å². The van der Waals surface area contributed by atoms with Crippen molar-refractivity contribution in [3.05, 3.63) is 40.4 Å². The lowest BCUT2D eigenvalue weighted by Crippen LogP contribution is -2.26. The Balaban J connectivity index is 2.46. The summed E-state index contributed by atoms with van der Waals surface area (Å²) in [5, 5.41) is 9.36. The molecule has 2 aromatic rings. The molecule has 1 N–H and O–H groups in total. The molecular weight excluding hydrogens is 268 g/mol. The monoisotopic (exact) mass is 284 g/mol. The quantitative estimate of drug-likeness (QED) is 0.649. The largest absolute Gasteiger partial charge is 0.481 e. The van der Waals surface area contributed by atoms with Gasteiger partial charge >= 0.3 is 5.97 Å². The molecule has 0 spiro atoms. The maximum absolute atomic E-state index is 12.5. The van der Waals surface area contributed by atoms with Gasteiger partial charge in [0.25, 0.3) is 5.56 Å². The van der Waals surface area contributed by atoms with Crippen LogP contribution in [0.2, 0.25) is 0 Å². The summed E-state index contributed by atoms with van der Waals surface area (Å²) in [7, 11) is 0. The first kappa shape index (κ1) is 14.8. The second-order valence-corrected chi connectivity index (χ2v) is 4.70. The average Bonchev–Trinajstić information content (AvgIpc) is 2.48. The van der Waals surface area contributed by atoms with Gasteiger partial charge in [-0.15, -0.1) is 12.3 Å². The highest BCUT2D eigenvalue weighted by atomic mass is 16.4. The first-order chi connectivity index (χ1) is 10.1. The fourth-order valence-corrected chi connectivity index (χ4v) is 2.19. The molecule has 2 rings (SSSR count). The molecule has 0 aliphatic rings. The van der Waals surface area contributed by atoms with E-state index in [0.717, 1.165) is 0 Å². The molecule has 21 heavy (non-hydrogen) atoms. The predicted octanol–water partition coefficient (Wildman–Crippen LogP) is 1.83. The first-order valence-corrected chi connectivity index (χ1v) is 6.77. The number of unbranched alkanes of at least 4 members (excludes halogenated alkanes) is 1. The third-order valence-electron chi connectivity index (χ3n) is 3.21. The molecule has 5 heteroatoms. The second-order valence-electron chi connectivity index (χ2n) is 4.70. The zero-order chi connectivity index (χ0) is 15.2. The highest BCUT2D eigenvalue weighted by Gasteiger charge is 2.11. The molecule has 0 radical (unpaired) electrons. The van der Waals surface area contributed by atoms with Gasteiger partial charge in [0.2, 0.25) is 0 Å². The summed E-state index contributed by atoms with van der Waals surface area (Å²) in [6.07, 6.45) is 6.63. The Morgan fingerprint density at radius 1 is 1.38 bits per heavy atom. The van der Waals surface area contributed by atoms with Gasteiger partial charge in [0.15, 0.2) is 0 Å². The van der Waals surface area contributed by atoms with Crippen molar-refractivity contribution in [1.29, 1.82) is 0 Å². The minimum atomic E-state index is -0.910. The van der Waals surface area contributed by atoms with Crippen LogP contribution in [0.5, 0.6) is 0 Å². The average molecular weight is 284 g/mol. The number of para-hydroxylation sites is 1. The van der Waals surface area contributed by atoms with E-state index < -0.39 is 5.97 Å². The topological polar surface area (TPSA) is 72.2 Å². The number of aryl methyl sites for hydroxylation is 1. The van der Waals surface area contributed by atoms with Crippen LogP contribution in [-0.4, -0.2) is 20.6 Å². The number of aromatic nitrogens is 2. The van der Waals surface area contributed by atoms with Gasteiger partial charge in [0.1, 0.15) is 5.82 Å². The molecule has 0 atom stereocenters. The van der Waals surface area contributed by atoms with Crippen LogP contribution in [0.25, 0.3) is 10.9 Å². The van der Waals surface area contributed by atoms with Crippen LogP contribution in [-0.2, 0) is 17.8 Å². The van der Waals surface area contributed by atoms with Gasteiger partial charge < -0.3 is 5.11 Å². The van der Waals surface area contributed by atoms with E-state index >= 15 is 0 Å². The Morgan fingerprint density at radius 3 is 2.86 bits per heavy atom. The normalized spacial score (nSPS) is 10.4. The summed E-state index contributed by atoms with van der Waals surface area (Å²) >= 11 is 0. The van der Waals surface area contributed by atoms with Crippen molar-refractivity contribution < 1.29 is 9.90 Å². The number of benzene rings is 1. The lowest BCUT2D eigenvalue weighted by Gasteiger charge is -2.12. The van der Waals surface area contributed by atoms with Crippen molar-refractivity contribution >= 4 is 16.9 Å². The zero-order valence-corrected chi connectivity index (χ0v) is 11.6. The summed E-state index contributed by atoms with van der Waals surface area (Å²) in [5.41, 5.74) is 0.453. The van der Waals surface area contributed by atoms with Gasteiger partial charge in [-0.05, 0) is 18.6 Å². The number of carboxylic acids is 1. The Hall–Kier alpha value is -2.61. The molecule has 1 heterocycles. The van der Waals surface area contributed by atoms with Crippen LogP contribution in [0, 0.1) is 12.3 Å². The smallest absolute Gasteiger partial charge is 0.303 e. The Kier molecular flexibility index (Phi) is 4.72. The molecule has 0 saturated carbocycles. The number of fused-ring (bicyclic) bond motifs is 1. The molecule has 0 fully saturated rings. The van der Waals surface area contributed by atoms with Crippen LogP contribution in [0.15, 0.2) is 29.1 Å². The van der Waals surface area contributed by atoms with E-state index in [2.05, 4.69) is 10.9 Å². The number of nitrogens with zero attached hydrogens (tertiary/aromatic N) is 2. The van der Waals surface area contributed by atoms with Crippen LogP contribution in [0.3, 0.4) is 0 Å². The van der Waals surface area contributed by atoms with Crippen molar-refractivity contribution in [2.45, 2.75) is 32.2 Å². The molecule has 0 aliphatic carbocycles. The minimum absolute atomic E-state index is 0.0556.